The maximum atomic E-state index is 12.5. The van der Waals surface area contributed by atoms with Crippen molar-refractivity contribution in [2.24, 2.45) is 0 Å². The average molecular weight is 264 g/mol. The molecule has 1 aromatic rings. The van der Waals surface area contributed by atoms with E-state index in [9.17, 15) is 4.79 Å². The lowest BCUT2D eigenvalue weighted by atomic mass is 9.98. The minimum Gasteiger partial charge on any atom is -0.333 e. The van der Waals surface area contributed by atoms with Crippen LogP contribution in [0.25, 0.3) is 0 Å². The molecule has 0 aliphatic carbocycles. The van der Waals surface area contributed by atoms with E-state index in [2.05, 4.69) is 22.1 Å². The molecule has 0 radical (unpaired) electrons. The molecule has 0 saturated carbocycles. The Bertz CT molecular complexity index is 425. The van der Waals surface area contributed by atoms with Gasteiger partial charge < -0.3 is 4.90 Å². The van der Waals surface area contributed by atoms with Gasteiger partial charge in [-0.05, 0) is 25.7 Å². The molecule has 1 aliphatic heterocycles. The van der Waals surface area contributed by atoms with Crippen LogP contribution in [0, 0.1) is 0 Å². The molecule has 2 rings (SSSR count). The summed E-state index contributed by atoms with van der Waals surface area (Å²) in [5.41, 5.74) is 0. The van der Waals surface area contributed by atoms with Crippen LogP contribution in [-0.4, -0.2) is 38.6 Å². The van der Waals surface area contributed by atoms with Crippen LogP contribution in [0.15, 0.2) is 0 Å². The molecule has 1 saturated heterocycles. The maximum absolute atomic E-state index is 12.5. The zero-order valence-electron chi connectivity index (χ0n) is 12.1. The molecule has 1 amide bonds. The van der Waals surface area contributed by atoms with E-state index in [1.807, 2.05) is 18.7 Å². The van der Waals surface area contributed by atoms with Crippen molar-refractivity contribution in [2.45, 2.75) is 64.8 Å². The number of aromatic amines is 1. The number of hydrogen-bond donors (Lipinski definition) is 1. The molecular formula is C14H24N4O. The molecule has 0 bridgehead atoms. The van der Waals surface area contributed by atoms with Crippen molar-refractivity contribution in [3.05, 3.63) is 11.6 Å². The van der Waals surface area contributed by atoms with E-state index in [4.69, 9.17) is 0 Å². The van der Waals surface area contributed by atoms with Crippen molar-refractivity contribution in [3.8, 4) is 0 Å². The lowest BCUT2D eigenvalue weighted by Gasteiger charge is -2.35. The SMILES string of the molecule is CCCC1CCCCN1C(=O)c1n[nH]c(C(C)C)n1. The number of likely N-dealkylation sites (tertiary alicyclic amines) is 1. The first-order chi connectivity index (χ1) is 9.13. The van der Waals surface area contributed by atoms with Crippen LogP contribution in [0.1, 0.15) is 75.2 Å². The molecular weight excluding hydrogens is 240 g/mol. The Morgan fingerprint density at radius 1 is 1.47 bits per heavy atom. The number of carbonyl (C=O) groups is 1. The van der Waals surface area contributed by atoms with Crippen molar-refractivity contribution in [2.75, 3.05) is 6.54 Å². The van der Waals surface area contributed by atoms with E-state index in [-0.39, 0.29) is 11.8 Å². The summed E-state index contributed by atoms with van der Waals surface area (Å²) in [6, 6.07) is 0.368. The number of nitrogens with zero attached hydrogens (tertiary/aromatic N) is 3. The van der Waals surface area contributed by atoms with Gasteiger partial charge in [-0.15, -0.1) is 5.10 Å². The zero-order valence-corrected chi connectivity index (χ0v) is 12.1. The van der Waals surface area contributed by atoms with E-state index in [0.717, 1.165) is 38.1 Å². The normalized spacial score (nSPS) is 20.0. The molecule has 1 atom stereocenters. The summed E-state index contributed by atoms with van der Waals surface area (Å²) in [5.74, 6) is 1.36. The zero-order chi connectivity index (χ0) is 13.8. The second-order valence-electron chi connectivity index (χ2n) is 5.64. The minimum atomic E-state index is -0.0127. The fourth-order valence-corrected chi connectivity index (χ4v) is 2.66. The number of piperidine rings is 1. The summed E-state index contributed by atoms with van der Waals surface area (Å²) >= 11 is 0. The molecule has 5 heteroatoms. The number of H-pyrrole nitrogens is 1. The van der Waals surface area contributed by atoms with Gasteiger partial charge in [0, 0.05) is 18.5 Å². The maximum Gasteiger partial charge on any atom is 0.293 e. The van der Waals surface area contributed by atoms with E-state index < -0.39 is 0 Å². The summed E-state index contributed by atoms with van der Waals surface area (Å²) in [4.78, 5) is 18.8. The second-order valence-corrected chi connectivity index (χ2v) is 5.64. The number of hydrogen-bond acceptors (Lipinski definition) is 3. The highest BCUT2D eigenvalue weighted by Crippen LogP contribution is 2.22. The third-order valence-corrected chi connectivity index (χ3v) is 3.75. The fraction of sp³-hybridized carbons (Fsp3) is 0.786. The number of carbonyl (C=O) groups excluding carboxylic acids is 1. The van der Waals surface area contributed by atoms with Crippen LogP contribution in [0.2, 0.25) is 0 Å². The Hall–Kier alpha value is -1.39. The van der Waals surface area contributed by atoms with Crippen LogP contribution < -0.4 is 0 Å². The van der Waals surface area contributed by atoms with Crippen molar-refractivity contribution in [1.29, 1.82) is 0 Å². The van der Waals surface area contributed by atoms with Crippen molar-refractivity contribution < 1.29 is 4.79 Å². The first kappa shape index (κ1) is 14.0. The molecule has 1 N–H and O–H groups in total. The monoisotopic (exact) mass is 264 g/mol. The van der Waals surface area contributed by atoms with Crippen molar-refractivity contribution in [1.82, 2.24) is 20.1 Å². The molecule has 1 fully saturated rings. The van der Waals surface area contributed by atoms with E-state index in [1.54, 1.807) is 0 Å². The van der Waals surface area contributed by atoms with Gasteiger partial charge in [-0.25, -0.2) is 4.98 Å². The fourth-order valence-electron chi connectivity index (χ4n) is 2.66. The third kappa shape index (κ3) is 3.14. The number of amides is 1. The predicted molar refractivity (Wildman–Crippen MR) is 74.1 cm³/mol. The number of aromatic nitrogens is 3. The lowest BCUT2D eigenvalue weighted by Crippen LogP contribution is -2.44. The molecule has 0 aromatic carbocycles. The topological polar surface area (TPSA) is 61.9 Å². The summed E-state index contributed by atoms with van der Waals surface area (Å²) in [6.07, 6.45) is 5.61. The van der Waals surface area contributed by atoms with Crippen molar-refractivity contribution in [3.63, 3.8) is 0 Å². The van der Waals surface area contributed by atoms with E-state index in [1.165, 1.54) is 6.42 Å². The standard InChI is InChI=1S/C14H24N4O/c1-4-7-11-8-5-6-9-18(11)14(19)13-15-12(10(2)3)16-17-13/h10-11H,4-9H2,1-3H3,(H,15,16,17). The van der Waals surface area contributed by atoms with Gasteiger partial charge in [-0.1, -0.05) is 27.2 Å². The highest BCUT2D eigenvalue weighted by atomic mass is 16.2. The summed E-state index contributed by atoms with van der Waals surface area (Å²) in [7, 11) is 0. The largest absolute Gasteiger partial charge is 0.333 e. The Balaban J connectivity index is 2.11. The molecule has 19 heavy (non-hydrogen) atoms. The minimum absolute atomic E-state index is 0.0127. The van der Waals surface area contributed by atoms with Gasteiger partial charge in [0.15, 0.2) is 0 Å². The highest BCUT2D eigenvalue weighted by molar-refractivity contribution is 5.90. The van der Waals surface area contributed by atoms with Crippen LogP contribution in [-0.2, 0) is 0 Å². The molecule has 5 nitrogen and oxygen atoms in total. The molecule has 106 valence electrons. The van der Waals surface area contributed by atoms with Gasteiger partial charge in [0.25, 0.3) is 5.91 Å². The molecule has 0 spiro atoms. The van der Waals surface area contributed by atoms with E-state index in [0.29, 0.717) is 11.9 Å². The Morgan fingerprint density at radius 2 is 2.26 bits per heavy atom. The van der Waals surface area contributed by atoms with Gasteiger partial charge >= 0.3 is 0 Å². The Kier molecular flexibility index (Phi) is 4.56. The molecule has 1 unspecified atom stereocenters. The van der Waals surface area contributed by atoms with E-state index >= 15 is 0 Å². The highest BCUT2D eigenvalue weighted by Gasteiger charge is 2.29. The summed E-state index contributed by atoms with van der Waals surface area (Å²) in [5, 5.41) is 6.94. The molecule has 1 aromatic heterocycles. The Labute approximate surface area is 114 Å². The first-order valence-electron chi connectivity index (χ1n) is 7.36. The van der Waals surface area contributed by atoms with Gasteiger partial charge in [0.05, 0.1) is 0 Å². The van der Waals surface area contributed by atoms with Crippen LogP contribution in [0.5, 0.6) is 0 Å². The quantitative estimate of drug-likeness (QED) is 0.909. The van der Waals surface area contributed by atoms with Gasteiger partial charge in [-0.2, -0.15) is 0 Å². The second kappa shape index (κ2) is 6.17. The van der Waals surface area contributed by atoms with Crippen LogP contribution in [0.3, 0.4) is 0 Å². The van der Waals surface area contributed by atoms with Crippen molar-refractivity contribution >= 4 is 5.91 Å². The number of nitrogens with one attached hydrogen (secondary N) is 1. The third-order valence-electron chi connectivity index (χ3n) is 3.75. The molecule has 1 aliphatic rings. The number of rotatable bonds is 4. The summed E-state index contributed by atoms with van der Waals surface area (Å²) in [6.45, 7) is 7.08. The van der Waals surface area contributed by atoms with Crippen LogP contribution in [0.4, 0.5) is 0 Å². The average Bonchev–Trinajstić information content (AvgIpc) is 2.89. The smallest absolute Gasteiger partial charge is 0.293 e. The van der Waals surface area contributed by atoms with Gasteiger partial charge in [0.1, 0.15) is 5.82 Å². The van der Waals surface area contributed by atoms with Gasteiger partial charge in [0.2, 0.25) is 5.82 Å². The summed E-state index contributed by atoms with van der Waals surface area (Å²) < 4.78 is 0. The lowest BCUT2D eigenvalue weighted by molar-refractivity contribution is 0.0588. The molecule has 2 heterocycles. The Morgan fingerprint density at radius 3 is 2.89 bits per heavy atom. The predicted octanol–water partition coefficient (Wildman–Crippen LogP) is 2.72. The first-order valence-corrected chi connectivity index (χ1v) is 7.36. The van der Waals surface area contributed by atoms with Gasteiger partial charge in [-0.3, -0.25) is 9.89 Å². The van der Waals surface area contributed by atoms with Crippen LogP contribution >= 0.6 is 0 Å².